The molecule has 0 aliphatic carbocycles. The van der Waals surface area contributed by atoms with Crippen molar-refractivity contribution in [1.82, 2.24) is 4.31 Å². The fraction of sp³-hybridized carbons (Fsp3) is 0.350. The zero-order valence-electron chi connectivity index (χ0n) is 15.2. The highest BCUT2D eigenvalue weighted by atomic mass is 32.2. The highest BCUT2D eigenvalue weighted by Gasteiger charge is 2.31. The number of halogens is 1. The van der Waals surface area contributed by atoms with Gasteiger partial charge < -0.3 is 5.32 Å². The molecule has 1 heterocycles. The van der Waals surface area contributed by atoms with Gasteiger partial charge in [0.2, 0.25) is 15.9 Å². The van der Waals surface area contributed by atoms with E-state index in [4.69, 9.17) is 0 Å². The zero-order valence-corrected chi connectivity index (χ0v) is 16.0. The number of rotatable bonds is 5. The Labute approximate surface area is 159 Å². The van der Waals surface area contributed by atoms with Gasteiger partial charge in [0.15, 0.2) is 0 Å². The van der Waals surface area contributed by atoms with Crippen LogP contribution >= 0.6 is 0 Å². The van der Waals surface area contributed by atoms with E-state index in [1.54, 1.807) is 6.07 Å². The summed E-state index contributed by atoms with van der Waals surface area (Å²) in [5, 5.41) is 2.71. The van der Waals surface area contributed by atoms with Gasteiger partial charge >= 0.3 is 0 Å². The molecule has 0 aromatic heterocycles. The van der Waals surface area contributed by atoms with Crippen LogP contribution in [0.3, 0.4) is 0 Å². The van der Waals surface area contributed by atoms with E-state index >= 15 is 0 Å². The van der Waals surface area contributed by atoms with Gasteiger partial charge in [-0.3, -0.25) is 4.79 Å². The third-order valence-corrected chi connectivity index (χ3v) is 6.59. The van der Waals surface area contributed by atoms with E-state index < -0.39 is 15.8 Å². The molecule has 2 aromatic rings. The van der Waals surface area contributed by atoms with E-state index in [2.05, 4.69) is 5.32 Å². The predicted octanol–water partition coefficient (Wildman–Crippen LogP) is 3.31. The van der Waals surface area contributed by atoms with Crippen LogP contribution in [0.2, 0.25) is 0 Å². The van der Waals surface area contributed by atoms with E-state index in [9.17, 15) is 17.6 Å². The highest BCUT2D eigenvalue weighted by Crippen LogP contribution is 2.23. The van der Waals surface area contributed by atoms with Crippen LogP contribution in [0.25, 0.3) is 0 Å². The third kappa shape index (κ3) is 5.14. The van der Waals surface area contributed by atoms with Gasteiger partial charge in [0.1, 0.15) is 5.82 Å². The summed E-state index contributed by atoms with van der Waals surface area (Å²) in [7, 11) is -3.41. The van der Waals surface area contributed by atoms with Crippen molar-refractivity contribution >= 4 is 21.6 Å². The molecule has 3 rings (SSSR count). The van der Waals surface area contributed by atoms with Crippen LogP contribution < -0.4 is 5.32 Å². The van der Waals surface area contributed by atoms with Crippen LogP contribution in [0, 0.1) is 18.7 Å². The zero-order chi connectivity index (χ0) is 19.4. The summed E-state index contributed by atoms with van der Waals surface area (Å²) in [6, 6.07) is 13.2. The second-order valence-corrected chi connectivity index (χ2v) is 8.89. The van der Waals surface area contributed by atoms with Crippen LogP contribution in [0.15, 0.2) is 48.5 Å². The fourth-order valence-electron chi connectivity index (χ4n) is 3.31. The van der Waals surface area contributed by atoms with Crippen LogP contribution in [0.1, 0.15) is 24.0 Å². The first kappa shape index (κ1) is 19.5. The lowest BCUT2D eigenvalue weighted by molar-refractivity contribution is -0.120. The quantitative estimate of drug-likeness (QED) is 0.852. The Morgan fingerprint density at radius 2 is 1.85 bits per heavy atom. The summed E-state index contributed by atoms with van der Waals surface area (Å²) in [5.74, 6) is -0.922. The molecule has 0 spiro atoms. The molecule has 27 heavy (non-hydrogen) atoms. The number of piperidine rings is 1. The number of carbonyl (C=O) groups is 1. The second-order valence-electron chi connectivity index (χ2n) is 6.92. The monoisotopic (exact) mass is 390 g/mol. The van der Waals surface area contributed by atoms with Gasteiger partial charge in [-0.1, -0.05) is 35.9 Å². The largest absolute Gasteiger partial charge is 0.326 e. The number of sulfonamides is 1. The maximum absolute atomic E-state index is 13.2. The molecule has 1 saturated heterocycles. The average molecular weight is 390 g/mol. The van der Waals surface area contributed by atoms with Gasteiger partial charge in [-0.25, -0.2) is 17.1 Å². The van der Waals surface area contributed by atoms with Gasteiger partial charge in [-0.05, 0) is 43.5 Å². The van der Waals surface area contributed by atoms with Gasteiger partial charge in [-0.15, -0.1) is 0 Å². The lowest BCUT2D eigenvalue weighted by Gasteiger charge is -2.30. The Balaban J connectivity index is 1.57. The molecule has 1 aliphatic heterocycles. The van der Waals surface area contributed by atoms with Crippen LogP contribution in [-0.2, 0) is 20.6 Å². The van der Waals surface area contributed by atoms with Crippen molar-refractivity contribution in [3.05, 3.63) is 65.5 Å². The maximum Gasteiger partial charge on any atom is 0.227 e. The van der Waals surface area contributed by atoms with Crippen molar-refractivity contribution in [2.45, 2.75) is 25.5 Å². The number of nitrogens with zero attached hydrogens (tertiary/aromatic N) is 1. The maximum atomic E-state index is 13.2. The lowest BCUT2D eigenvalue weighted by atomic mass is 9.97. The molecular weight excluding hydrogens is 367 g/mol. The SMILES string of the molecule is Cc1cccc(CS(=O)(=O)N2CCC(C(=O)Nc3cccc(F)c3)CC2)c1. The number of amides is 1. The van der Waals surface area contributed by atoms with E-state index in [1.165, 1.54) is 22.5 Å². The highest BCUT2D eigenvalue weighted by molar-refractivity contribution is 7.88. The molecule has 1 fully saturated rings. The third-order valence-electron chi connectivity index (χ3n) is 4.74. The topological polar surface area (TPSA) is 66.5 Å². The first-order chi connectivity index (χ1) is 12.8. The number of hydrogen-bond donors (Lipinski definition) is 1. The van der Waals surface area contributed by atoms with Crippen molar-refractivity contribution < 1.29 is 17.6 Å². The van der Waals surface area contributed by atoms with Crippen molar-refractivity contribution in [1.29, 1.82) is 0 Å². The predicted molar refractivity (Wildman–Crippen MR) is 103 cm³/mol. The van der Waals surface area contributed by atoms with Crippen LogP contribution in [0.4, 0.5) is 10.1 Å². The molecule has 0 bridgehead atoms. The first-order valence-electron chi connectivity index (χ1n) is 8.93. The first-order valence-corrected chi connectivity index (χ1v) is 10.5. The van der Waals surface area contributed by atoms with Crippen molar-refractivity contribution in [3.8, 4) is 0 Å². The summed E-state index contributed by atoms with van der Waals surface area (Å²) in [6.07, 6.45) is 0.905. The molecule has 2 aromatic carbocycles. The van der Waals surface area contributed by atoms with Crippen molar-refractivity contribution in [2.24, 2.45) is 5.92 Å². The molecule has 5 nitrogen and oxygen atoms in total. The number of aryl methyl sites for hydroxylation is 1. The second kappa shape index (κ2) is 8.19. The number of carbonyl (C=O) groups excluding carboxylic acids is 1. The van der Waals surface area contributed by atoms with E-state index in [0.717, 1.165) is 11.1 Å². The molecule has 1 aliphatic rings. The van der Waals surface area contributed by atoms with Gasteiger partial charge in [0.25, 0.3) is 0 Å². The smallest absolute Gasteiger partial charge is 0.227 e. The molecule has 0 saturated carbocycles. The molecule has 1 N–H and O–H groups in total. The Morgan fingerprint density at radius 3 is 2.52 bits per heavy atom. The summed E-state index contributed by atoms with van der Waals surface area (Å²) in [6.45, 7) is 2.56. The molecule has 0 radical (unpaired) electrons. The molecule has 7 heteroatoms. The van der Waals surface area contributed by atoms with Gasteiger partial charge in [0.05, 0.1) is 5.75 Å². The summed E-state index contributed by atoms with van der Waals surface area (Å²) < 4.78 is 40.0. The molecule has 1 amide bonds. The number of nitrogens with one attached hydrogen (secondary N) is 1. The van der Waals surface area contributed by atoms with E-state index in [1.807, 2.05) is 31.2 Å². The molecule has 0 atom stereocenters. The van der Waals surface area contributed by atoms with Crippen LogP contribution in [0.5, 0.6) is 0 Å². The summed E-state index contributed by atoms with van der Waals surface area (Å²) in [5.41, 5.74) is 2.20. The molecule has 0 unspecified atom stereocenters. The standard InChI is InChI=1S/C20H23FN2O3S/c1-15-4-2-5-16(12-15)14-27(25,26)23-10-8-17(9-11-23)20(24)22-19-7-3-6-18(21)13-19/h2-7,12-13,17H,8-11,14H2,1H3,(H,22,24). The fourth-order valence-corrected chi connectivity index (χ4v) is 4.86. The number of hydrogen-bond acceptors (Lipinski definition) is 3. The normalized spacial score (nSPS) is 16.2. The number of benzene rings is 2. The molecule has 144 valence electrons. The minimum atomic E-state index is -3.41. The summed E-state index contributed by atoms with van der Waals surface area (Å²) in [4.78, 5) is 12.4. The lowest BCUT2D eigenvalue weighted by Crippen LogP contribution is -2.41. The minimum Gasteiger partial charge on any atom is -0.326 e. The Morgan fingerprint density at radius 1 is 1.15 bits per heavy atom. The Kier molecular flexibility index (Phi) is 5.92. The van der Waals surface area contributed by atoms with Gasteiger partial charge in [0, 0.05) is 24.7 Å². The summed E-state index contributed by atoms with van der Waals surface area (Å²) >= 11 is 0. The Hall–Kier alpha value is -2.25. The number of anilines is 1. The van der Waals surface area contributed by atoms with Crippen molar-refractivity contribution in [3.63, 3.8) is 0 Å². The van der Waals surface area contributed by atoms with Crippen molar-refractivity contribution in [2.75, 3.05) is 18.4 Å². The molecular formula is C20H23FN2O3S. The minimum absolute atomic E-state index is 0.0329. The van der Waals surface area contributed by atoms with E-state index in [-0.39, 0.29) is 17.6 Å². The van der Waals surface area contributed by atoms with Crippen LogP contribution in [-0.4, -0.2) is 31.7 Å². The van der Waals surface area contributed by atoms with Gasteiger partial charge in [-0.2, -0.15) is 0 Å². The van der Waals surface area contributed by atoms with E-state index in [0.29, 0.717) is 31.6 Å². The average Bonchev–Trinajstić information content (AvgIpc) is 2.61. The Bertz CT molecular complexity index is 922.